The minimum absolute atomic E-state index is 0.263. The van der Waals surface area contributed by atoms with E-state index in [9.17, 15) is 4.79 Å². The molecule has 0 bridgehead atoms. The van der Waals surface area contributed by atoms with Crippen LogP contribution in [0.1, 0.15) is 23.1 Å². The van der Waals surface area contributed by atoms with Crippen molar-refractivity contribution < 1.29 is 14.3 Å². The summed E-state index contributed by atoms with van der Waals surface area (Å²) in [7, 11) is 0. The molecular weight excluding hydrogens is 326 g/mol. The van der Waals surface area contributed by atoms with Gasteiger partial charge in [-0.25, -0.2) is 4.98 Å². The second kappa shape index (κ2) is 7.40. The first kappa shape index (κ1) is 16.3. The molecular formula is C22H19NO3. The van der Waals surface area contributed by atoms with Crippen molar-refractivity contribution in [1.82, 2.24) is 4.98 Å². The van der Waals surface area contributed by atoms with E-state index in [1.807, 2.05) is 18.2 Å². The molecule has 1 heterocycles. The Bertz CT molecular complexity index is 904. The smallest absolute Gasteiger partial charge is 0.315 e. The molecule has 0 saturated heterocycles. The lowest BCUT2D eigenvalue weighted by atomic mass is 10.0. The van der Waals surface area contributed by atoms with Crippen molar-refractivity contribution >= 4 is 5.97 Å². The van der Waals surface area contributed by atoms with Gasteiger partial charge in [0.05, 0.1) is 6.42 Å². The van der Waals surface area contributed by atoms with E-state index in [-0.39, 0.29) is 12.4 Å². The Morgan fingerprint density at radius 2 is 1.73 bits per heavy atom. The zero-order valence-electron chi connectivity index (χ0n) is 14.4. The van der Waals surface area contributed by atoms with E-state index in [4.69, 9.17) is 9.47 Å². The fraction of sp³-hybridized carbons (Fsp3) is 0.182. The molecule has 4 nitrogen and oxygen atoms in total. The molecule has 1 aliphatic carbocycles. The van der Waals surface area contributed by atoms with Gasteiger partial charge < -0.3 is 9.47 Å². The summed E-state index contributed by atoms with van der Waals surface area (Å²) in [6.45, 7) is 0. The van der Waals surface area contributed by atoms with Gasteiger partial charge in [0, 0.05) is 12.3 Å². The van der Waals surface area contributed by atoms with Gasteiger partial charge in [-0.05, 0) is 66.3 Å². The van der Waals surface area contributed by atoms with Crippen LogP contribution >= 0.6 is 0 Å². The molecule has 0 saturated carbocycles. The van der Waals surface area contributed by atoms with Crippen LogP contribution in [0.15, 0.2) is 66.9 Å². The first-order chi connectivity index (χ1) is 12.8. The number of aryl methyl sites for hydroxylation is 2. The third-order valence-corrected chi connectivity index (χ3v) is 4.43. The highest BCUT2D eigenvalue weighted by Gasteiger charge is 2.13. The lowest BCUT2D eigenvalue weighted by molar-refractivity contribution is -0.133. The molecule has 0 radical (unpaired) electrons. The van der Waals surface area contributed by atoms with E-state index in [0.29, 0.717) is 17.4 Å². The third kappa shape index (κ3) is 3.91. The van der Waals surface area contributed by atoms with Crippen LogP contribution in [-0.4, -0.2) is 11.0 Å². The van der Waals surface area contributed by atoms with Crippen molar-refractivity contribution in [1.29, 1.82) is 0 Å². The van der Waals surface area contributed by atoms with Crippen molar-refractivity contribution in [3.05, 3.63) is 83.6 Å². The second-order valence-corrected chi connectivity index (χ2v) is 6.35. The molecule has 0 fully saturated rings. The average molecular weight is 345 g/mol. The Morgan fingerprint density at radius 3 is 2.54 bits per heavy atom. The number of rotatable bonds is 5. The lowest BCUT2D eigenvalue weighted by Crippen LogP contribution is -2.11. The van der Waals surface area contributed by atoms with Gasteiger partial charge in [-0.3, -0.25) is 4.79 Å². The van der Waals surface area contributed by atoms with Gasteiger partial charge in [-0.2, -0.15) is 0 Å². The lowest BCUT2D eigenvalue weighted by Gasteiger charge is -2.08. The molecule has 4 rings (SSSR count). The molecule has 3 aromatic rings. The second-order valence-electron chi connectivity index (χ2n) is 6.35. The average Bonchev–Trinajstić information content (AvgIpc) is 3.12. The first-order valence-electron chi connectivity index (χ1n) is 8.76. The monoisotopic (exact) mass is 345 g/mol. The van der Waals surface area contributed by atoms with Crippen LogP contribution < -0.4 is 9.47 Å². The van der Waals surface area contributed by atoms with Crippen molar-refractivity contribution in [2.24, 2.45) is 0 Å². The summed E-state index contributed by atoms with van der Waals surface area (Å²) in [5, 5.41) is 0. The molecule has 4 heteroatoms. The van der Waals surface area contributed by atoms with Crippen LogP contribution in [0.5, 0.6) is 17.4 Å². The summed E-state index contributed by atoms with van der Waals surface area (Å²) in [6, 6.07) is 18.7. The van der Waals surface area contributed by atoms with E-state index in [1.165, 1.54) is 17.5 Å². The van der Waals surface area contributed by atoms with Crippen LogP contribution in [-0.2, 0) is 24.1 Å². The van der Waals surface area contributed by atoms with Crippen molar-refractivity contribution in [3.8, 4) is 17.4 Å². The predicted molar refractivity (Wildman–Crippen MR) is 98.6 cm³/mol. The summed E-state index contributed by atoms with van der Waals surface area (Å²) in [6.07, 6.45) is 5.41. The highest BCUT2D eigenvalue weighted by Crippen LogP contribution is 2.24. The fourth-order valence-corrected chi connectivity index (χ4v) is 3.17. The summed E-state index contributed by atoms with van der Waals surface area (Å²) in [5.74, 6) is 1.40. The van der Waals surface area contributed by atoms with E-state index in [1.54, 1.807) is 36.5 Å². The van der Waals surface area contributed by atoms with Crippen molar-refractivity contribution in [2.45, 2.75) is 25.7 Å². The van der Waals surface area contributed by atoms with E-state index < -0.39 is 0 Å². The van der Waals surface area contributed by atoms with Crippen LogP contribution in [0.25, 0.3) is 0 Å². The summed E-state index contributed by atoms with van der Waals surface area (Å²) in [5.41, 5.74) is 3.78. The maximum absolute atomic E-state index is 12.2. The number of fused-ring (bicyclic) bond motifs is 1. The number of aromatic nitrogens is 1. The Hall–Kier alpha value is -3.14. The van der Waals surface area contributed by atoms with Crippen molar-refractivity contribution in [3.63, 3.8) is 0 Å². The summed E-state index contributed by atoms with van der Waals surface area (Å²) < 4.78 is 11.1. The van der Waals surface area contributed by atoms with E-state index >= 15 is 0 Å². The van der Waals surface area contributed by atoms with Gasteiger partial charge in [-0.1, -0.05) is 24.3 Å². The fourth-order valence-electron chi connectivity index (χ4n) is 3.17. The largest absolute Gasteiger partial charge is 0.439 e. The molecule has 0 spiro atoms. The van der Waals surface area contributed by atoms with Gasteiger partial charge in [0.15, 0.2) is 0 Å². The molecule has 0 unspecified atom stereocenters. The Labute approximate surface area is 152 Å². The van der Waals surface area contributed by atoms with E-state index in [2.05, 4.69) is 17.1 Å². The van der Waals surface area contributed by atoms with Crippen LogP contribution in [0.4, 0.5) is 0 Å². The zero-order chi connectivity index (χ0) is 17.8. The molecule has 2 aromatic carbocycles. The molecule has 0 aliphatic heterocycles. The predicted octanol–water partition coefficient (Wildman–Crippen LogP) is 4.51. The molecule has 130 valence electrons. The number of carbonyl (C=O) groups is 1. The molecule has 0 N–H and O–H groups in total. The van der Waals surface area contributed by atoms with Gasteiger partial charge >= 0.3 is 5.97 Å². The van der Waals surface area contributed by atoms with Crippen LogP contribution in [0.3, 0.4) is 0 Å². The van der Waals surface area contributed by atoms with E-state index in [0.717, 1.165) is 18.4 Å². The minimum atomic E-state index is -0.263. The Kier molecular flexibility index (Phi) is 4.65. The summed E-state index contributed by atoms with van der Waals surface area (Å²) >= 11 is 0. The standard InChI is InChI=1S/C22H19NO3/c24-22(15-16-7-8-17-4-3-5-18(17)14-16)26-20-11-9-19(10-12-20)25-21-6-1-2-13-23-21/h1-2,6-14H,3-5,15H2. The van der Waals surface area contributed by atoms with Crippen LogP contribution in [0.2, 0.25) is 0 Å². The minimum Gasteiger partial charge on any atom is -0.439 e. The number of hydrogen-bond acceptors (Lipinski definition) is 4. The molecule has 1 aromatic heterocycles. The maximum atomic E-state index is 12.2. The first-order valence-corrected chi connectivity index (χ1v) is 8.76. The maximum Gasteiger partial charge on any atom is 0.315 e. The highest BCUT2D eigenvalue weighted by atomic mass is 16.5. The van der Waals surface area contributed by atoms with Crippen molar-refractivity contribution in [2.75, 3.05) is 0 Å². The number of ether oxygens (including phenoxy) is 2. The molecule has 0 amide bonds. The SMILES string of the molecule is O=C(Cc1ccc2c(c1)CCC2)Oc1ccc(Oc2ccccn2)cc1. The number of carbonyl (C=O) groups excluding carboxylic acids is 1. The molecule has 0 atom stereocenters. The Morgan fingerprint density at radius 1 is 0.923 bits per heavy atom. The number of benzene rings is 2. The number of esters is 1. The Balaban J connectivity index is 1.35. The van der Waals surface area contributed by atoms with Gasteiger partial charge in [0.2, 0.25) is 5.88 Å². The topological polar surface area (TPSA) is 48.4 Å². The number of pyridine rings is 1. The normalized spacial score (nSPS) is 12.5. The van der Waals surface area contributed by atoms with Crippen LogP contribution in [0, 0.1) is 0 Å². The molecule has 26 heavy (non-hydrogen) atoms. The third-order valence-electron chi connectivity index (χ3n) is 4.43. The zero-order valence-corrected chi connectivity index (χ0v) is 14.4. The van der Waals surface area contributed by atoms with Gasteiger partial charge in [0.1, 0.15) is 11.5 Å². The number of nitrogens with zero attached hydrogens (tertiary/aromatic N) is 1. The quantitative estimate of drug-likeness (QED) is 0.504. The van der Waals surface area contributed by atoms with Gasteiger partial charge in [0.25, 0.3) is 0 Å². The summed E-state index contributed by atoms with van der Waals surface area (Å²) in [4.78, 5) is 16.3. The highest BCUT2D eigenvalue weighted by molar-refractivity contribution is 5.75. The molecule has 1 aliphatic rings. The van der Waals surface area contributed by atoms with Gasteiger partial charge in [-0.15, -0.1) is 0 Å². The number of hydrogen-bond donors (Lipinski definition) is 0.